The van der Waals surface area contributed by atoms with Gasteiger partial charge >= 0.3 is 0 Å². The minimum absolute atomic E-state index is 0.510. The van der Waals surface area contributed by atoms with E-state index in [0.717, 1.165) is 16.7 Å². The maximum absolute atomic E-state index is 5.78. The van der Waals surface area contributed by atoms with Crippen molar-refractivity contribution >= 4 is 22.5 Å². The molecule has 0 unspecified atom stereocenters. The van der Waals surface area contributed by atoms with Gasteiger partial charge in [0.25, 0.3) is 0 Å². The molecule has 3 nitrogen and oxygen atoms in total. The molecule has 0 aliphatic heterocycles. The smallest absolute Gasteiger partial charge is 0.219 e. The zero-order chi connectivity index (χ0) is 12.4. The molecule has 3 aromatic rings. The molecule has 0 aliphatic carbocycles. The molecule has 2 aromatic heterocycles. The Hall–Kier alpha value is -2.13. The number of aromatic nitrogens is 2. The van der Waals surface area contributed by atoms with E-state index in [1.54, 1.807) is 24.5 Å². The number of hydrogen-bond donors (Lipinski definition) is 0. The molecule has 4 heteroatoms. The Morgan fingerprint density at radius 1 is 0.944 bits per heavy atom. The van der Waals surface area contributed by atoms with Crippen LogP contribution in [0.5, 0.6) is 11.6 Å². The van der Waals surface area contributed by atoms with Crippen LogP contribution in [0.4, 0.5) is 0 Å². The van der Waals surface area contributed by atoms with Gasteiger partial charge in [0, 0.05) is 23.8 Å². The van der Waals surface area contributed by atoms with E-state index in [1.807, 2.05) is 30.3 Å². The average Bonchev–Trinajstić information content (AvgIpc) is 2.42. The molecule has 0 bridgehead atoms. The van der Waals surface area contributed by atoms with E-state index < -0.39 is 0 Å². The maximum atomic E-state index is 5.78. The van der Waals surface area contributed by atoms with Crippen LogP contribution in [0.2, 0.25) is 5.02 Å². The third-order valence-corrected chi connectivity index (χ3v) is 2.74. The number of halogens is 1. The van der Waals surface area contributed by atoms with Crippen LogP contribution in [-0.4, -0.2) is 9.97 Å². The zero-order valence-electron chi connectivity index (χ0n) is 9.38. The summed E-state index contributed by atoms with van der Waals surface area (Å²) in [4.78, 5) is 8.38. The van der Waals surface area contributed by atoms with Crippen molar-refractivity contribution in [1.29, 1.82) is 0 Å². The van der Waals surface area contributed by atoms with E-state index in [4.69, 9.17) is 16.3 Å². The molecular weight excluding hydrogens is 248 g/mol. The summed E-state index contributed by atoms with van der Waals surface area (Å²) < 4.78 is 5.74. The number of hydrogen-bond acceptors (Lipinski definition) is 3. The minimum Gasteiger partial charge on any atom is -0.438 e. The monoisotopic (exact) mass is 256 g/mol. The fourth-order valence-corrected chi connectivity index (χ4v) is 1.81. The maximum Gasteiger partial charge on any atom is 0.219 e. The lowest BCUT2D eigenvalue weighted by Crippen LogP contribution is -1.89. The molecule has 0 amide bonds. The first-order chi connectivity index (χ1) is 8.83. The Labute approximate surface area is 109 Å². The second-order valence-corrected chi connectivity index (χ2v) is 4.18. The molecule has 0 saturated carbocycles. The Balaban J connectivity index is 2.02. The van der Waals surface area contributed by atoms with E-state index >= 15 is 0 Å². The van der Waals surface area contributed by atoms with Crippen LogP contribution in [0.25, 0.3) is 10.9 Å². The standard InChI is InChI=1S/C14H9ClN2O/c15-10-6-7-14(17-9-10)18-13-5-1-4-12-11(13)3-2-8-16-12/h1-9H. The van der Waals surface area contributed by atoms with E-state index in [9.17, 15) is 0 Å². The number of ether oxygens (including phenoxy) is 1. The first-order valence-electron chi connectivity index (χ1n) is 5.46. The van der Waals surface area contributed by atoms with Crippen molar-refractivity contribution < 1.29 is 4.74 Å². The molecule has 2 heterocycles. The molecule has 0 aliphatic rings. The van der Waals surface area contributed by atoms with Crippen LogP contribution in [0.1, 0.15) is 0 Å². The van der Waals surface area contributed by atoms with E-state index in [-0.39, 0.29) is 0 Å². The fourth-order valence-electron chi connectivity index (χ4n) is 1.70. The summed E-state index contributed by atoms with van der Waals surface area (Å²) in [5.41, 5.74) is 0.893. The topological polar surface area (TPSA) is 35.0 Å². The van der Waals surface area contributed by atoms with E-state index in [2.05, 4.69) is 9.97 Å². The predicted octanol–water partition coefficient (Wildman–Crippen LogP) is 4.08. The summed E-state index contributed by atoms with van der Waals surface area (Å²) in [6, 6.07) is 13.1. The normalized spacial score (nSPS) is 10.5. The summed E-state index contributed by atoms with van der Waals surface area (Å²) in [5, 5.41) is 1.54. The first-order valence-corrected chi connectivity index (χ1v) is 5.84. The van der Waals surface area contributed by atoms with Gasteiger partial charge in [0.2, 0.25) is 5.88 Å². The quantitative estimate of drug-likeness (QED) is 0.693. The van der Waals surface area contributed by atoms with Gasteiger partial charge < -0.3 is 4.74 Å². The molecular formula is C14H9ClN2O. The molecule has 0 N–H and O–H groups in total. The van der Waals surface area contributed by atoms with Crippen molar-refractivity contribution in [2.24, 2.45) is 0 Å². The molecule has 88 valence electrons. The highest BCUT2D eigenvalue weighted by Crippen LogP contribution is 2.27. The summed E-state index contributed by atoms with van der Waals surface area (Å²) in [6.45, 7) is 0. The van der Waals surface area contributed by atoms with Crippen molar-refractivity contribution in [3.8, 4) is 11.6 Å². The Morgan fingerprint density at radius 3 is 2.72 bits per heavy atom. The van der Waals surface area contributed by atoms with Gasteiger partial charge in [-0.05, 0) is 30.3 Å². The van der Waals surface area contributed by atoms with Crippen LogP contribution in [0.15, 0.2) is 54.9 Å². The molecule has 18 heavy (non-hydrogen) atoms. The van der Waals surface area contributed by atoms with Crippen LogP contribution in [0, 0.1) is 0 Å². The van der Waals surface area contributed by atoms with Gasteiger partial charge in [0.1, 0.15) is 5.75 Å². The van der Waals surface area contributed by atoms with Crippen LogP contribution in [0.3, 0.4) is 0 Å². The van der Waals surface area contributed by atoms with Gasteiger partial charge in [-0.2, -0.15) is 0 Å². The van der Waals surface area contributed by atoms with Crippen molar-refractivity contribution in [3.63, 3.8) is 0 Å². The molecule has 3 rings (SSSR count). The largest absolute Gasteiger partial charge is 0.438 e. The van der Waals surface area contributed by atoms with Crippen molar-refractivity contribution in [2.45, 2.75) is 0 Å². The highest BCUT2D eigenvalue weighted by molar-refractivity contribution is 6.30. The third kappa shape index (κ3) is 2.13. The molecule has 0 saturated heterocycles. The first kappa shape index (κ1) is 11.0. The number of nitrogens with zero attached hydrogens (tertiary/aromatic N) is 2. The van der Waals surface area contributed by atoms with E-state index in [1.165, 1.54) is 0 Å². The summed E-state index contributed by atoms with van der Waals surface area (Å²) in [7, 11) is 0. The van der Waals surface area contributed by atoms with Crippen LogP contribution in [-0.2, 0) is 0 Å². The summed E-state index contributed by atoms with van der Waals surface area (Å²) in [5.74, 6) is 1.24. The average molecular weight is 257 g/mol. The van der Waals surface area contributed by atoms with Gasteiger partial charge in [-0.1, -0.05) is 17.7 Å². The van der Waals surface area contributed by atoms with Gasteiger partial charge in [-0.25, -0.2) is 4.98 Å². The third-order valence-electron chi connectivity index (χ3n) is 2.52. The van der Waals surface area contributed by atoms with Crippen molar-refractivity contribution in [2.75, 3.05) is 0 Å². The SMILES string of the molecule is Clc1ccc(Oc2cccc3ncccc23)nc1. The van der Waals surface area contributed by atoms with Gasteiger partial charge in [0.05, 0.1) is 10.5 Å². The lowest BCUT2D eigenvalue weighted by atomic mass is 10.2. The van der Waals surface area contributed by atoms with Crippen molar-refractivity contribution in [1.82, 2.24) is 9.97 Å². The lowest BCUT2D eigenvalue weighted by Gasteiger charge is -2.07. The summed E-state index contributed by atoms with van der Waals surface area (Å²) >= 11 is 5.78. The van der Waals surface area contributed by atoms with Gasteiger partial charge in [-0.3, -0.25) is 4.98 Å². The van der Waals surface area contributed by atoms with Crippen LogP contribution < -0.4 is 4.74 Å². The Bertz CT molecular complexity index is 677. The molecule has 0 atom stereocenters. The second kappa shape index (κ2) is 4.63. The molecule has 0 spiro atoms. The fraction of sp³-hybridized carbons (Fsp3) is 0. The predicted molar refractivity (Wildman–Crippen MR) is 71.1 cm³/mol. The number of benzene rings is 1. The lowest BCUT2D eigenvalue weighted by molar-refractivity contribution is 0.468. The summed E-state index contributed by atoms with van der Waals surface area (Å²) in [6.07, 6.45) is 3.31. The van der Waals surface area contributed by atoms with Crippen molar-refractivity contribution in [3.05, 3.63) is 59.9 Å². The molecule has 0 fully saturated rings. The Kier molecular flexibility index (Phi) is 2.82. The number of fused-ring (bicyclic) bond motifs is 1. The Morgan fingerprint density at radius 2 is 1.89 bits per heavy atom. The molecule has 0 radical (unpaired) electrons. The van der Waals surface area contributed by atoms with Gasteiger partial charge in [0.15, 0.2) is 0 Å². The van der Waals surface area contributed by atoms with E-state index in [0.29, 0.717) is 10.9 Å². The second-order valence-electron chi connectivity index (χ2n) is 3.74. The minimum atomic E-state index is 0.510. The highest BCUT2D eigenvalue weighted by Gasteiger charge is 2.04. The van der Waals surface area contributed by atoms with Gasteiger partial charge in [-0.15, -0.1) is 0 Å². The zero-order valence-corrected chi connectivity index (χ0v) is 10.1. The molecule has 1 aromatic carbocycles. The van der Waals surface area contributed by atoms with Crippen LogP contribution >= 0.6 is 11.6 Å². The number of pyridine rings is 2. The number of rotatable bonds is 2. The highest BCUT2D eigenvalue weighted by atomic mass is 35.5.